The highest BCUT2D eigenvalue weighted by molar-refractivity contribution is 5.72. The summed E-state index contributed by atoms with van der Waals surface area (Å²) < 4.78 is 27.1. The number of rotatable bonds is 6. The summed E-state index contributed by atoms with van der Waals surface area (Å²) in [5, 5.41) is 12.1. The van der Waals surface area contributed by atoms with Crippen LogP contribution in [0, 0.1) is 0 Å². The van der Waals surface area contributed by atoms with Gasteiger partial charge in [-0.1, -0.05) is 30.3 Å². The van der Waals surface area contributed by atoms with Gasteiger partial charge in [0, 0.05) is 5.56 Å². The van der Waals surface area contributed by atoms with Crippen LogP contribution in [0.15, 0.2) is 66.7 Å². The van der Waals surface area contributed by atoms with Crippen molar-refractivity contribution in [3.8, 4) is 23.0 Å². The molecular formula is C25H23NO7. The molecule has 0 bridgehead atoms. The van der Waals surface area contributed by atoms with Crippen LogP contribution in [-0.4, -0.2) is 37.1 Å². The Morgan fingerprint density at radius 3 is 2.24 bits per heavy atom. The molecule has 0 spiro atoms. The van der Waals surface area contributed by atoms with Gasteiger partial charge in [-0.15, -0.1) is 0 Å². The Hall–Kier alpha value is -3.91. The lowest BCUT2D eigenvalue weighted by atomic mass is 9.90. The standard InChI is InChI=1S/C25H23NO7/c1-29-19-8-4-17(5-9-19)23-25(28,18-6-10-20(30-2)11-7-18)26(24(27)33-23)14-16-3-12-21-22(13-16)32-15-31-21/h3-13,23,28H,14-15H2,1-2H3/t23-,25+/m0/s1. The second kappa shape index (κ2) is 8.22. The molecule has 33 heavy (non-hydrogen) atoms. The molecule has 8 nitrogen and oxygen atoms in total. The molecule has 2 atom stereocenters. The molecule has 0 radical (unpaired) electrons. The van der Waals surface area contributed by atoms with Crippen molar-refractivity contribution in [3.63, 3.8) is 0 Å². The van der Waals surface area contributed by atoms with Gasteiger partial charge >= 0.3 is 6.09 Å². The van der Waals surface area contributed by atoms with E-state index in [1.165, 1.54) is 4.90 Å². The highest BCUT2D eigenvalue weighted by atomic mass is 16.7. The third kappa shape index (κ3) is 3.58. The first kappa shape index (κ1) is 21.0. The summed E-state index contributed by atoms with van der Waals surface area (Å²) in [4.78, 5) is 14.4. The molecule has 0 saturated carbocycles. The first-order valence-electron chi connectivity index (χ1n) is 10.4. The summed E-state index contributed by atoms with van der Waals surface area (Å²) in [6.45, 7) is 0.254. The average molecular weight is 449 g/mol. The van der Waals surface area contributed by atoms with Gasteiger partial charge < -0.3 is 28.8 Å². The Morgan fingerprint density at radius 2 is 1.58 bits per heavy atom. The molecule has 0 unspecified atom stereocenters. The van der Waals surface area contributed by atoms with Crippen LogP contribution in [0.1, 0.15) is 22.8 Å². The molecule has 170 valence electrons. The van der Waals surface area contributed by atoms with Gasteiger partial charge in [0.2, 0.25) is 12.5 Å². The molecule has 2 aliphatic rings. The predicted octanol–water partition coefficient (Wildman–Crippen LogP) is 3.97. The number of aliphatic hydroxyl groups is 1. The highest BCUT2D eigenvalue weighted by Crippen LogP contribution is 2.48. The lowest BCUT2D eigenvalue weighted by molar-refractivity contribution is -0.113. The number of fused-ring (bicyclic) bond motifs is 1. The van der Waals surface area contributed by atoms with Gasteiger partial charge in [0.15, 0.2) is 17.6 Å². The van der Waals surface area contributed by atoms with E-state index >= 15 is 0 Å². The zero-order valence-corrected chi connectivity index (χ0v) is 18.2. The number of hydrogen-bond donors (Lipinski definition) is 1. The summed E-state index contributed by atoms with van der Waals surface area (Å²) in [7, 11) is 3.14. The van der Waals surface area contributed by atoms with Crippen molar-refractivity contribution >= 4 is 6.09 Å². The number of ether oxygens (including phenoxy) is 5. The molecule has 1 amide bonds. The van der Waals surface area contributed by atoms with E-state index < -0.39 is 17.9 Å². The Morgan fingerprint density at radius 1 is 0.939 bits per heavy atom. The van der Waals surface area contributed by atoms with E-state index in [9.17, 15) is 9.90 Å². The molecule has 8 heteroatoms. The number of benzene rings is 3. The van der Waals surface area contributed by atoms with E-state index in [0.717, 1.165) is 5.56 Å². The van der Waals surface area contributed by atoms with Gasteiger partial charge in [0.25, 0.3) is 0 Å². The van der Waals surface area contributed by atoms with Gasteiger partial charge in [0.05, 0.1) is 20.8 Å². The summed E-state index contributed by atoms with van der Waals surface area (Å²) in [6, 6.07) is 19.4. The summed E-state index contributed by atoms with van der Waals surface area (Å²) in [5.74, 6) is 2.54. The van der Waals surface area contributed by atoms with Crippen LogP contribution >= 0.6 is 0 Å². The number of carbonyl (C=O) groups is 1. The normalized spacial score (nSPS) is 21.1. The minimum absolute atomic E-state index is 0.102. The van der Waals surface area contributed by atoms with Crippen LogP contribution in [0.2, 0.25) is 0 Å². The number of hydrogen-bond acceptors (Lipinski definition) is 7. The van der Waals surface area contributed by atoms with Crippen LogP contribution in [-0.2, 0) is 17.0 Å². The van der Waals surface area contributed by atoms with Crippen molar-refractivity contribution in [2.75, 3.05) is 21.0 Å². The first-order chi connectivity index (χ1) is 16.0. The first-order valence-corrected chi connectivity index (χ1v) is 10.4. The molecule has 5 rings (SSSR count). The summed E-state index contributed by atoms with van der Waals surface area (Å²) in [5.41, 5.74) is 0.124. The zero-order chi connectivity index (χ0) is 23.0. The maximum Gasteiger partial charge on any atom is 0.413 e. The predicted molar refractivity (Wildman–Crippen MR) is 117 cm³/mol. The number of methoxy groups -OCH3 is 2. The largest absolute Gasteiger partial charge is 0.497 e. The van der Waals surface area contributed by atoms with E-state index in [-0.39, 0.29) is 13.3 Å². The number of cyclic esters (lactones) is 1. The topological polar surface area (TPSA) is 86.7 Å². The van der Waals surface area contributed by atoms with Gasteiger partial charge in [-0.3, -0.25) is 4.90 Å². The molecule has 1 N–H and O–H groups in total. The molecule has 1 saturated heterocycles. The Balaban J connectivity index is 1.56. The smallest absolute Gasteiger partial charge is 0.413 e. The van der Waals surface area contributed by atoms with E-state index in [0.29, 0.717) is 34.1 Å². The Bertz CT molecular complexity index is 1160. The van der Waals surface area contributed by atoms with Crippen molar-refractivity contribution in [1.82, 2.24) is 4.90 Å². The molecule has 1 fully saturated rings. The average Bonchev–Trinajstić information content (AvgIpc) is 3.42. The zero-order valence-electron chi connectivity index (χ0n) is 18.2. The molecular weight excluding hydrogens is 426 g/mol. The molecule has 2 heterocycles. The number of nitrogens with zero attached hydrogens (tertiary/aromatic N) is 1. The van der Waals surface area contributed by atoms with Gasteiger partial charge in [-0.25, -0.2) is 4.79 Å². The fourth-order valence-electron chi connectivity index (χ4n) is 4.16. The van der Waals surface area contributed by atoms with Crippen LogP contribution < -0.4 is 18.9 Å². The van der Waals surface area contributed by atoms with Crippen LogP contribution in [0.25, 0.3) is 0 Å². The molecule has 3 aromatic carbocycles. The molecule has 0 aliphatic carbocycles. The molecule has 3 aromatic rings. The van der Waals surface area contributed by atoms with Crippen LogP contribution in [0.4, 0.5) is 4.79 Å². The second-order valence-corrected chi connectivity index (χ2v) is 7.77. The van der Waals surface area contributed by atoms with Crippen LogP contribution in [0.3, 0.4) is 0 Å². The van der Waals surface area contributed by atoms with Gasteiger partial charge in [-0.05, 0) is 47.5 Å². The maximum atomic E-state index is 13.1. The number of carbonyl (C=O) groups excluding carboxylic acids is 1. The van der Waals surface area contributed by atoms with Gasteiger partial charge in [-0.2, -0.15) is 0 Å². The SMILES string of the molecule is COc1ccc([C@@H]2OC(=O)N(Cc3ccc4c(c3)OCO4)[C@@]2(O)c2ccc(OC)cc2)cc1. The van der Waals surface area contributed by atoms with Crippen molar-refractivity contribution in [3.05, 3.63) is 83.4 Å². The minimum atomic E-state index is -1.77. The minimum Gasteiger partial charge on any atom is -0.497 e. The third-order valence-electron chi connectivity index (χ3n) is 5.93. The quantitative estimate of drug-likeness (QED) is 0.609. The monoisotopic (exact) mass is 449 g/mol. The van der Waals surface area contributed by atoms with E-state index in [4.69, 9.17) is 23.7 Å². The van der Waals surface area contributed by atoms with E-state index in [2.05, 4.69) is 0 Å². The van der Waals surface area contributed by atoms with Gasteiger partial charge in [0.1, 0.15) is 11.5 Å². The molecule has 2 aliphatic heterocycles. The van der Waals surface area contributed by atoms with E-state index in [1.54, 1.807) is 74.9 Å². The maximum absolute atomic E-state index is 13.1. The van der Waals surface area contributed by atoms with Crippen molar-refractivity contribution < 1.29 is 33.6 Å². The lowest BCUT2D eigenvalue weighted by Crippen LogP contribution is -2.45. The fourth-order valence-corrected chi connectivity index (χ4v) is 4.16. The highest BCUT2D eigenvalue weighted by Gasteiger charge is 2.56. The van der Waals surface area contributed by atoms with Crippen molar-refractivity contribution in [1.29, 1.82) is 0 Å². The Labute approximate surface area is 190 Å². The summed E-state index contributed by atoms with van der Waals surface area (Å²) in [6.07, 6.45) is -1.59. The lowest BCUT2D eigenvalue weighted by Gasteiger charge is -2.35. The number of amides is 1. The second-order valence-electron chi connectivity index (χ2n) is 7.77. The van der Waals surface area contributed by atoms with E-state index in [1.807, 2.05) is 6.07 Å². The summed E-state index contributed by atoms with van der Waals surface area (Å²) >= 11 is 0. The molecule has 0 aromatic heterocycles. The van der Waals surface area contributed by atoms with Crippen molar-refractivity contribution in [2.24, 2.45) is 0 Å². The Kier molecular flexibility index (Phi) is 5.22. The van der Waals surface area contributed by atoms with Crippen LogP contribution in [0.5, 0.6) is 23.0 Å². The third-order valence-corrected chi connectivity index (χ3v) is 5.93. The van der Waals surface area contributed by atoms with Crippen molar-refractivity contribution in [2.45, 2.75) is 18.4 Å². The fraction of sp³-hybridized carbons (Fsp3) is 0.240.